The second-order valence-corrected chi connectivity index (χ2v) is 6.47. The van der Waals surface area contributed by atoms with E-state index in [2.05, 4.69) is 56.9 Å². The zero-order chi connectivity index (χ0) is 20.8. The van der Waals surface area contributed by atoms with Gasteiger partial charge < -0.3 is 15.7 Å². The average molecular weight is 432 g/mol. The van der Waals surface area contributed by atoms with Crippen molar-refractivity contribution in [2.24, 2.45) is 0 Å². The molecule has 0 aliphatic heterocycles. The summed E-state index contributed by atoms with van der Waals surface area (Å²) in [6.07, 6.45) is 0. The first-order chi connectivity index (χ1) is 14.0. The Labute approximate surface area is 176 Å². The van der Waals surface area contributed by atoms with Gasteiger partial charge in [0, 0.05) is 11.4 Å². The molecular weight excluding hydrogens is 414 g/mol. The van der Waals surface area contributed by atoms with Gasteiger partial charge in [-0.3, -0.25) is 20.2 Å². The Morgan fingerprint density at radius 3 is 2.21 bits per heavy atom. The topological polar surface area (TPSA) is 133 Å². The number of rotatable bonds is 6. The number of benzene rings is 2. The molecule has 1 heterocycles. The molecule has 3 amide bonds. The second kappa shape index (κ2) is 9.32. The summed E-state index contributed by atoms with van der Waals surface area (Å²) in [6, 6.07) is 13.2. The number of carbonyl (C=O) groups excluding carboxylic acids is 2. The molecule has 0 aliphatic carbocycles. The lowest BCUT2D eigenvalue weighted by Gasteiger charge is -2.11. The Hall–Kier alpha value is -3.22. The molecule has 0 unspecified atom stereocenters. The number of hydrazine groups is 1. The highest BCUT2D eigenvalue weighted by atomic mass is 32.1. The number of anilines is 3. The van der Waals surface area contributed by atoms with Crippen LogP contribution in [0.1, 0.15) is 0 Å². The number of hydrogen-bond acceptors (Lipinski definition) is 8. The minimum atomic E-state index is -0.615. The summed E-state index contributed by atoms with van der Waals surface area (Å²) in [5.74, 6) is -0.560. The zero-order valence-electron chi connectivity index (χ0n) is 14.8. The first-order valence-electron chi connectivity index (χ1n) is 8.24. The van der Waals surface area contributed by atoms with Crippen LogP contribution in [-0.4, -0.2) is 38.4 Å². The summed E-state index contributed by atoms with van der Waals surface area (Å²) < 4.78 is 1.62. The minimum Gasteiger partial charge on any atom is -0.386 e. The van der Waals surface area contributed by atoms with E-state index in [0.29, 0.717) is 33.1 Å². The van der Waals surface area contributed by atoms with E-state index in [1.165, 1.54) is 0 Å². The smallest absolute Gasteiger partial charge is 0.323 e. The predicted octanol–water partition coefficient (Wildman–Crippen LogP) is 1.92. The standard InChI is InChI=1S/C17H17N7O3S2/c25-9-14(26)21-20-11-6-4-10(5-7-11)18-15(27)19-12-2-1-3-13(8-12)24-16(28)22-23-17(24)29/h1-8,20,25H,9H2,(H,21,26)(H,22,28)(H,23,29)(H2,18,19,27). The van der Waals surface area contributed by atoms with Crippen LogP contribution < -0.4 is 21.5 Å². The van der Waals surface area contributed by atoms with Crippen LogP contribution >= 0.6 is 25.3 Å². The average Bonchev–Trinajstić information content (AvgIpc) is 3.05. The molecule has 0 saturated heterocycles. The summed E-state index contributed by atoms with van der Waals surface area (Å²) >= 11 is 8.48. The third-order valence-corrected chi connectivity index (χ3v) is 4.20. The number of carbonyl (C=O) groups is 2. The monoisotopic (exact) mass is 431 g/mol. The number of hydrogen-bond donors (Lipinski definition) is 7. The van der Waals surface area contributed by atoms with E-state index < -0.39 is 18.5 Å². The van der Waals surface area contributed by atoms with E-state index in [1.54, 1.807) is 47.0 Å². The zero-order valence-corrected chi connectivity index (χ0v) is 16.6. The summed E-state index contributed by atoms with van der Waals surface area (Å²) in [4.78, 5) is 23.3. The second-order valence-electron chi connectivity index (χ2n) is 5.67. The molecule has 150 valence electrons. The fourth-order valence-corrected chi connectivity index (χ4v) is 2.92. The van der Waals surface area contributed by atoms with Crippen LogP contribution in [-0.2, 0) is 4.79 Å². The molecule has 0 bridgehead atoms. The van der Waals surface area contributed by atoms with E-state index in [0.717, 1.165) is 0 Å². The Morgan fingerprint density at radius 1 is 0.931 bits per heavy atom. The molecule has 0 atom stereocenters. The van der Waals surface area contributed by atoms with Crippen molar-refractivity contribution in [3.05, 3.63) is 48.5 Å². The highest BCUT2D eigenvalue weighted by Crippen LogP contribution is 2.21. The van der Waals surface area contributed by atoms with Crippen LogP contribution in [0, 0.1) is 0 Å². The van der Waals surface area contributed by atoms with Gasteiger partial charge in [-0.1, -0.05) is 6.07 Å². The Kier molecular flexibility index (Phi) is 6.59. The van der Waals surface area contributed by atoms with Gasteiger partial charge in [0.15, 0.2) is 10.3 Å². The molecule has 0 aliphatic rings. The number of amides is 3. The molecule has 12 heteroatoms. The first-order valence-corrected chi connectivity index (χ1v) is 9.13. The quantitative estimate of drug-likeness (QED) is 0.236. The van der Waals surface area contributed by atoms with Gasteiger partial charge in [-0.05, 0) is 42.5 Å². The molecule has 29 heavy (non-hydrogen) atoms. The number of aliphatic hydroxyl groups excluding tert-OH is 1. The molecule has 0 saturated carbocycles. The van der Waals surface area contributed by atoms with E-state index >= 15 is 0 Å². The molecule has 3 aromatic rings. The maximum absolute atomic E-state index is 12.3. The van der Waals surface area contributed by atoms with E-state index in [9.17, 15) is 9.59 Å². The van der Waals surface area contributed by atoms with Gasteiger partial charge in [-0.15, -0.1) is 35.5 Å². The number of nitrogens with one attached hydrogen (secondary N) is 4. The maximum Gasteiger partial charge on any atom is 0.323 e. The van der Waals surface area contributed by atoms with Crippen molar-refractivity contribution >= 4 is 54.3 Å². The lowest BCUT2D eigenvalue weighted by molar-refractivity contribution is -0.123. The van der Waals surface area contributed by atoms with Crippen LogP contribution in [0.25, 0.3) is 5.69 Å². The number of thiol groups is 2. The molecule has 5 N–H and O–H groups in total. The summed E-state index contributed by atoms with van der Waals surface area (Å²) in [6.45, 7) is -0.615. The van der Waals surface area contributed by atoms with Crippen molar-refractivity contribution < 1.29 is 14.7 Å². The fraction of sp³-hybridized carbons (Fsp3) is 0.0588. The highest BCUT2D eigenvalue weighted by Gasteiger charge is 2.10. The molecular formula is C17H17N7O3S2. The predicted molar refractivity (Wildman–Crippen MR) is 114 cm³/mol. The Bertz CT molecular complexity index is 1000. The number of aliphatic hydroxyl groups is 1. The number of urea groups is 1. The third kappa shape index (κ3) is 5.40. The highest BCUT2D eigenvalue weighted by molar-refractivity contribution is 7.80. The van der Waals surface area contributed by atoms with E-state index in [1.807, 2.05) is 6.07 Å². The molecule has 2 aromatic carbocycles. The molecule has 0 fully saturated rings. The molecule has 0 radical (unpaired) electrons. The largest absolute Gasteiger partial charge is 0.386 e. The van der Waals surface area contributed by atoms with Gasteiger partial charge in [0.2, 0.25) is 0 Å². The molecule has 10 nitrogen and oxygen atoms in total. The van der Waals surface area contributed by atoms with Gasteiger partial charge >= 0.3 is 6.03 Å². The molecule has 3 rings (SSSR count). The number of nitrogens with zero attached hydrogens (tertiary/aromatic N) is 3. The normalized spacial score (nSPS) is 10.3. The lowest BCUT2D eigenvalue weighted by Crippen LogP contribution is -2.31. The maximum atomic E-state index is 12.3. The van der Waals surface area contributed by atoms with Crippen molar-refractivity contribution in [3.8, 4) is 5.69 Å². The van der Waals surface area contributed by atoms with Gasteiger partial charge in [-0.25, -0.2) is 4.79 Å². The Balaban J connectivity index is 1.61. The SMILES string of the molecule is O=C(CO)NNc1ccc(NC(=O)Nc2cccc(-n3c(S)nnc3S)c2)cc1. The Morgan fingerprint density at radius 2 is 1.55 bits per heavy atom. The van der Waals surface area contributed by atoms with Crippen molar-refractivity contribution in [1.82, 2.24) is 20.2 Å². The first kappa shape index (κ1) is 20.5. The summed E-state index contributed by atoms with van der Waals surface area (Å²) in [7, 11) is 0. The molecule has 0 spiro atoms. The van der Waals surface area contributed by atoms with Crippen molar-refractivity contribution in [3.63, 3.8) is 0 Å². The summed E-state index contributed by atoms with van der Waals surface area (Å²) in [5, 5.41) is 22.5. The van der Waals surface area contributed by atoms with E-state index in [-0.39, 0.29) is 0 Å². The van der Waals surface area contributed by atoms with Gasteiger partial charge in [0.05, 0.1) is 11.4 Å². The van der Waals surface area contributed by atoms with Crippen LogP contribution in [0.2, 0.25) is 0 Å². The fourth-order valence-electron chi connectivity index (χ4n) is 2.33. The van der Waals surface area contributed by atoms with Crippen molar-refractivity contribution in [2.75, 3.05) is 22.7 Å². The number of aromatic nitrogens is 3. The van der Waals surface area contributed by atoms with Gasteiger partial charge in [0.25, 0.3) is 5.91 Å². The van der Waals surface area contributed by atoms with Gasteiger partial charge in [0.1, 0.15) is 6.61 Å². The van der Waals surface area contributed by atoms with E-state index in [4.69, 9.17) is 5.11 Å². The van der Waals surface area contributed by atoms with Crippen LogP contribution in [0.3, 0.4) is 0 Å². The van der Waals surface area contributed by atoms with Crippen LogP contribution in [0.15, 0.2) is 58.8 Å². The van der Waals surface area contributed by atoms with Crippen molar-refractivity contribution in [2.45, 2.75) is 10.3 Å². The van der Waals surface area contributed by atoms with Crippen molar-refractivity contribution in [1.29, 1.82) is 0 Å². The minimum absolute atomic E-state index is 0.375. The summed E-state index contributed by atoms with van der Waals surface area (Å²) in [5.41, 5.74) is 7.32. The van der Waals surface area contributed by atoms with Crippen LogP contribution in [0.5, 0.6) is 0 Å². The molecule has 1 aromatic heterocycles. The van der Waals surface area contributed by atoms with Gasteiger partial charge in [-0.2, -0.15) is 0 Å². The van der Waals surface area contributed by atoms with Crippen LogP contribution in [0.4, 0.5) is 21.9 Å². The lowest BCUT2D eigenvalue weighted by atomic mass is 10.2. The third-order valence-electron chi connectivity index (χ3n) is 3.62.